The number of anilines is 1. The molecular weight excluding hydrogens is 373 g/mol. The summed E-state index contributed by atoms with van der Waals surface area (Å²) in [7, 11) is 0. The number of nitrogens with one attached hydrogen (secondary N) is 1. The fourth-order valence-electron chi connectivity index (χ4n) is 1.63. The van der Waals surface area contributed by atoms with Crippen LogP contribution < -0.4 is 10.1 Å². The minimum absolute atomic E-state index is 0.107. The van der Waals surface area contributed by atoms with Gasteiger partial charge < -0.3 is 10.1 Å². The molecule has 0 spiro atoms. The van der Waals surface area contributed by atoms with Gasteiger partial charge in [0.25, 0.3) is 5.91 Å². The largest absolute Gasteiger partial charge is 0.492 e. The van der Waals surface area contributed by atoms with Crippen LogP contribution in [-0.4, -0.2) is 12.5 Å². The van der Waals surface area contributed by atoms with Crippen molar-refractivity contribution in [1.29, 1.82) is 0 Å². The second-order valence-corrected chi connectivity index (χ2v) is 6.83. The first kappa shape index (κ1) is 14.3. The number of ether oxygens (including phenoxy) is 1. The maximum atomic E-state index is 12.1. The highest BCUT2D eigenvalue weighted by Gasteiger charge is 2.11. The first-order valence-corrected chi connectivity index (χ1v) is 7.85. The van der Waals surface area contributed by atoms with Crippen molar-refractivity contribution < 1.29 is 9.53 Å². The van der Waals surface area contributed by atoms with Gasteiger partial charge >= 0.3 is 0 Å². The van der Waals surface area contributed by atoms with Crippen molar-refractivity contribution in [2.75, 3.05) is 11.9 Å². The highest BCUT2D eigenvalue weighted by Crippen LogP contribution is 2.27. The number of hydrogen-bond acceptors (Lipinski definition) is 3. The van der Waals surface area contributed by atoms with E-state index in [1.807, 2.05) is 43.5 Å². The van der Waals surface area contributed by atoms with Crippen molar-refractivity contribution in [3.8, 4) is 5.75 Å². The second kappa shape index (κ2) is 6.38. The molecule has 1 amide bonds. The molecule has 0 saturated heterocycles. The zero-order valence-corrected chi connectivity index (χ0v) is 13.7. The molecule has 0 radical (unpaired) electrons. The van der Waals surface area contributed by atoms with Crippen LogP contribution in [0.2, 0.25) is 0 Å². The van der Waals surface area contributed by atoms with Crippen LogP contribution in [0.25, 0.3) is 0 Å². The van der Waals surface area contributed by atoms with Gasteiger partial charge in [-0.2, -0.15) is 0 Å². The molecule has 0 saturated carbocycles. The molecule has 0 aliphatic rings. The maximum absolute atomic E-state index is 12.1. The number of amides is 1. The first-order valence-electron chi connectivity index (χ1n) is 5.89. The van der Waals surface area contributed by atoms with Crippen molar-refractivity contribution in [2.24, 2.45) is 0 Å². The van der Waals surface area contributed by atoms with Gasteiger partial charge in [0.1, 0.15) is 5.75 Å². The molecule has 2 rings (SSSR count). The highest BCUT2D eigenvalue weighted by atomic mass is 127. The van der Waals surface area contributed by atoms with Gasteiger partial charge in [-0.15, -0.1) is 11.3 Å². The van der Waals surface area contributed by atoms with E-state index >= 15 is 0 Å². The average molecular weight is 387 g/mol. The summed E-state index contributed by atoms with van der Waals surface area (Å²) < 4.78 is 6.64. The van der Waals surface area contributed by atoms with Crippen LogP contribution >= 0.6 is 33.9 Å². The number of carbonyl (C=O) groups excluding carboxylic acids is 1. The molecule has 2 aromatic rings. The van der Waals surface area contributed by atoms with Crippen LogP contribution in [0.5, 0.6) is 5.75 Å². The minimum atomic E-state index is -0.107. The molecule has 3 nitrogen and oxygen atoms in total. The van der Waals surface area contributed by atoms with Gasteiger partial charge in [-0.25, -0.2) is 0 Å². The van der Waals surface area contributed by atoms with Gasteiger partial charge in [-0.3, -0.25) is 4.79 Å². The minimum Gasteiger partial charge on any atom is -0.492 e. The number of halogens is 1. The van der Waals surface area contributed by atoms with Gasteiger partial charge in [0.2, 0.25) is 0 Å². The Hall–Kier alpha value is -1.08. The fourth-order valence-corrected chi connectivity index (χ4v) is 2.96. The molecule has 1 heterocycles. The molecule has 1 aromatic heterocycles. The Labute approximate surface area is 130 Å². The lowest BCUT2D eigenvalue weighted by molar-refractivity contribution is 0.102. The molecule has 19 heavy (non-hydrogen) atoms. The Bertz CT molecular complexity index is 595. The number of thiophene rings is 1. The van der Waals surface area contributed by atoms with Crippen molar-refractivity contribution >= 4 is 45.5 Å². The van der Waals surface area contributed by atoms with Gasteiger partial charge in [0, 0.05) is 5.38 Å². The van der Waals surface area contributed by atoms with Gasteiger partial charge in [0.05, 0.1) is 20.7 Å². The molecule has 0 bridgehead atoms. The smallest absolute Gasteiger partial charge is 0.256 e. The lowest BCUT2D eigenvalue weighted by Gasteiger charge is -2.11. The van der Waals surface area contributed by atoms with E-state index in [1.165, 1.54) is 0 Å². The predicted octanol–water partition coefficient (Wildman–Crippen LogP) is 4.31. The molecule has 1 N–H and O–H groups in total. The molecule has 5 heteroatoms. The third kappa shape index (κ3) is 3.70. The summed E-state index contributed by atoms with van der Waals surface area (Å²) in [5.74, 6) is 0.602. The van der Waals surface area contributed by atoms with E-state index in [2.05, 4.69) is 27.9 Å². The van der Waals surface area contributed by atoms with Crippen molar-refractivity contribution in [3.63, 3.8) is 0 Å². The monoisotopic (exact) mass is 387 g/mol. The average Bonchev–Trinajstić information content (AvgIpc) is 2.80. The Morgan fingerprint density at radius 2 is 2.21 bits per heavy atom. The van der Waals surface area contributed by atoms with E-state index in [0.717, 1.165) is 8.45 Å². The Morgan fingerprint density at radius 1 is 1.42 bits per heavy atom. The maximum Gasteiger partial charge on any atom is 0.256 e. The highest BCUT2D eigenvalue weighted by molar-refractivity contribution is 14.1. The molecule has 0 unspecified atom stereocenters. The van der Waals surface area contributed by atoms with E-state index in [4.69, 9.17) is 4.74 Å². The van der Waals surface area contributed by atoms with Gasteiger partial charge in [-0.05, 0) is 60.2 Å². The summed E-state index contributed by atoms with van der Waals surface area (Å²) in [5.41, 5.74) is 2.49. The number of carbonyl (C=O) groups is 1. The quantitative estimate of drug-likeness (QED) is 0.794. The van der Waals surface area contributed by atoms with Crippen LogP contribution in [0.1, 0.15) is 22.8 Å². The van der Waals surface area contributed by atoms with E-state index in [9.17, 15) is 4.79 Å². The normalized spacial score (nSPS) is 10.3. The summed E-state index contributed by atoms with van der Waals surface area (Å²) >= 11 is 3.76. The van der Waals surface area contributed by atoms with Crippen LogP contribution in [0.15, 0.2) is 29.6 Å². The van der Waals surface area contributed by atoms with E-state index < -0.39 is 0 Å². The fraction of sp³-hybridized carbons (Fsp3) is 0.214. The topological polar surface area (TPSA) is 38.3 Å². The van der Waals surface area contributed by atoms with Crippen LogP contribution in [-0.2, 0) is 0 Å². The summed E-state index contributed by atoms with van der Waals surface area (Å²) in [4.78, 5) is 12.1. The molecule has 0 aliphatic heterocycles. The number of benzene rings is 1. The Morgan fingerprint density at radius 3 is 2.84 bits per heavy atom. The molecular formula is C14H14INO2S. The van der Waals surface area contributed by atoms with E-state index in [1.54, 1.807) is 11.3 Å². The van der Waals surface area contributed by atoms with Crippen molar-refractivity contribution in [2.45, 2.75) is 13.8 Å². The molecule has 0 fully saturated rings. The third-order valence-corrected chi connectivity index (χ3v) is 4.30. The second-order valence-electron chi connectivity index (χ2n) is 4.03. The SMILES string of the molecule is CCOc1cc(C)ccc1NC(=O)c1csc(I)c1. The standard InChI is InChI=1S/C14H14INO2S/c1-3-18-12-6-9(2)4-5-11(12)16-14(17)10-7-13(15)19-8-10/h4-8H,3H2,1-2H3,(H,16,17). The van der Waals surface area contributed by atoms with Crippen LogP contribution in [0, 0.1) is 9.81 Å². The lowest BCUT2D eigenvalue weighted by Crippen LogP contribution is -2.12. The molecule has 100 valence electrons. The van der Waals surface area contributed by atoms with Crippen LogP contribution in [0.4, 0.5) is 5.69 Å². The summed E-state index contributed by atoms with van der Waals surface area (Å²) in [5, 5.41) is 4.74. The van der Waals surface area contributed by atoms with E-state index in [0.29, 0.717) is 23.6 Å². The van der Waals surface area contributed by atoms with Gasteiger partial charge in [-0.1, -0.05) is 6.07 Å². The Balaban J connectivity index is 2.20. The third-order valence-electron chi connectivity index (χ3n) is 2.51. The van der Waals surface area contributed by atoms with Crippen molar-refractivity contribution in [1.82, 2.24) is 0 Å². The summed E-state index contributed by atoms with van der Waals surface area (Å²) in [6.07, 6.45) is 0. The zero-order valence-electron chi connectivity index (χ0n) is 10.7. The summed E-state index contributed by atoms with van der Waals surface area (Å²) in [6.45, 7) is 4.49. The number of hydrogen-bond donors (Lipinski definition) is 1. The lowest BCUT2D eigenvalue weighted by atomic mass is 10.2. The van der Waals surface area contributed by atoms with E-state index in [-0.39, 0.29) is 5.91 Å². The zero-order chi connectivity index (χ0) is 13.8. The van der Waals surface area contributed by atoms with Crippen molar-refractivity contribution in [3.05, 3.63) is 43.7 Å². The molecule has 0 aliphatic carbocycles. The van der Waals surface area contributed by atoms with Crippen LogP contribution in [0.3, 0.4) is 0 Å². The number of rotatable bonds is 4. The molecule has 0 atom stereocenters. The first-order chi connectivity index (χ1) is 9.10. The number of aryl methyl sites for hydroxylation is 1. The summed E-state index contributed by atoms with van der Waals surface area (Å²) in [6, 6.07) is 7.62. The predicted molar refractivity (Wildman–Crippen MR) is 87.3 cm³/mol. The molecule has 1 aromatic carbocycles. The van der Waals surface area contributed by atoms with Gasteiger partial charge in [0.15, 0.2) is 0 Å². The Kier molecular flexibility index (Phi) is 4.81.